The van der Waals surface area contributed by atoms with Crippen molar-refractivity contribution < 1.29 is 18.7 Å². The van der Waals surface area contributed by atoms with Crippen molar-refractivity contribution in [3.05, 3.63) is 53.1 Å². The van der Waals surface area contributed by atoms with E-state index in [1.165, 1.54) is 11.3 Å². The summed E-state index contributed by atoms with van der Waals surface area (Å²) >= 11 is 1.41. The highest BCUT2D eigenvalue weighted by molar-refractivity contribution is 7.54. The molecule has 3 rings (SSSR count). The summed E-state index contributed by atoms with van der Waals surface area (Å²) in [6, 6.07) is 10.5. The SMILES string of the molecule is CCOP(=O)(OCC)C(c1ccc(O)cc1)c1ccc2sc(N)nc2c1C. The Morgan fingerprint density at radius 2 is 1.78 bits per heavy atom. The smallest absolute Gasteiger partial charge is 0.342 e. The Bertz CT molecular complexity index is 977. The third-order valence-electron chi connectivity index (χ3n) is 4.31. The van der Waals surface area contributed by atoms with Crippen LogP contribution in [0.2, 0.25) is 0 Å². The third kappa shape index (κ3) is 3.87. The van der Waals surface area contributed by atoms with Crippen molar-refractivity contribution in [2.45, 2.75) is 26.4 Å². The first-order valence-corrected chi connectivity index (χ1v) is 11.2. The first-order valence-electron chi connectivity index (χ1n) is 8.72. The maximum Gasteiger partial charge on any atom is 0.342 e. The van der Waals surface area contributed by atoms with E-state index in [1.54, 1.807) is 38.1 Å². The number of nitrogens with zero attached hydrogens (tertiary/aromatic N) is 1. The number of hydrogen-bond donors (Lipinski definition) is 2. The minimum atomic E-state index is -3.52. The third-order valence-corrected chi connectivity index (χ3v) is 7.60. The molecule has 0 saturated carbocycles. The van der Waals surface area contributed by atoms with Gasteiger partial charge in [-0.25, -0.2) is 4.98 Å². The van der Waals surface area contributed by atoms with Crippen molar-refractivity contribution in [2.75, 3.05) is 18.9 Å². The summed E-state index contributed by atoms with van der Waals surface area (Å²) in [6.07, 6.45) is 0. The largest absolute Gasteiger partial charge is 0.508 e. The maximum absolute atomic E-state index is 13.7. The van der Waals surface area contributed by atoms with E-state index >= 15 is 0 Å². The number of thiazole rings is 1. The second kappa shape index (κ2) is 7.98. The molecule has 0 bridgehead atoms. The highest BCUT2D eigenvalue weighted by Crippen LogP contribution is 2.64. The fraction of sp³-hybridized carbons (Fsp3) is 0.316. The number of nitrogen functional groups attached to an aromatic ring is 1. The van der Waals surface area contributed by atoms with Gasteiger partial charge in [-0.2, -0.15) is 0 Å². The van der Waals surface area contributed by atoms with Crippen LogP contribution < -0.4 is 5.73 Å². The van der Waals surface area contributed by atoms with Gasteiger partial charge < -0.3 is 19.9 Å². The second-order valence-electron chi connectivity index (χ2n) is 6.05. The zero-order valence-electron chi connectivity index (χ0n) is 15.5. The molecule has 0 aliphatic carbocycles. The zero-order chi connectivity index (χ0) is 19.6. The lowest BCUT2D eigenvalue weighted by Gasteiger charge is -2.28. The van der Waals surface area contributed by atoms with Gasteiger partial charge in [-0.3, -0.25) is 4.57 Å². The van der Waals surface area contributed by atoms with Crippen LogP contribution >= 0.6 is 18.9 Å². The first-order chi connectivity index (χ1) is 12.9. The highest BCUT2D eigenvalue weighted by Gasteiger charge is 2.39. The molecule has 1 heterocycles. The Morgan fingerprint density at radius 1 is 1.15 bits per heavy atom. The number of hydrogen-bond acceptors (Lipinski definition) is 7. The van der Waals surface area contributed by atoms with Crippen LogP contribution in [-0.4, -0.2) is 23.3 Å². The summed E-state index contributed by atoms with van der Waals surface area (Å²) in [5, 5.41) is 10.2. The van der Waals surface area contributed by atoms with E-state index in [-0.39, 0.29) is 19.0 Å². The number of aryl methyl sites for hydroxylation is 1. The van der Waals surface area contributed by atoms with Crippen LogP contribution in [0.15, 0.2) is 36.4 Å². The number of rotatable bonds is 7. The zero-order valence-corrected chi connectivity index (χ0v) is 17.2. The molecule has 1 unspecified atom stereocenters. The number of phenolic OH excluding ortho intramolecular Hbond substituents is 1. The predicted molar refractivity (Wildman–Crippen MR) is 110 cm³/mol. The second-order valence-corrected chi connectivity index (χ2v) is 9.22. The molecular weight excluding hydrogens is 383 g/mol. The minimum Gasteiger partial charge on any atom is -0.508 e. The first kappa shape index (κ1) is 19.8. The van der Waals surface area contributed by atoms with E-state index < -0.39 is 13.3 Å². The summed E-state index contributed by atoms with van der Waals surface area (Å²) in [7, 11) is -3.52. The van der Waals surface area contributed by atoms with Crippen molar-refractivity contribution in [3.8, 4) is 5.75 Å². The maximum atomic E-state index is 13.7. The summed E-state index contributed by atoms with van der Waals surface area (Å²) in [5.41, 5.74) is 8.46. The van der Waals surface area contributed by atoms with Crippen molar-refractivity contribution >= 4 is 34.3 Å². The number of nitrogens with two attached hydrogens (primary N) is 1. The van der Waals surface area contributed by atoms with Gasteiger partial charge in [0.2, 0.25) is 0 Å². The van der Waals surface area contributed by atoms with Gasteiger partial charge in [-0.1, -0.05) is 29.5 Å². The molecule has 0 spiro atoms. The molecule has 2 aromatic carbocycles. The summed E-state index contributed by atoms with van der Waals surface area (Å²) < 4.78 is 26.1. The fourth-order valence-corrected chi connectivity index (χ4v) is 6.23. The Balaban J connectivity index is 2.24. The predicted octanol–water partition coefficient (Wildman–Crippen LogP) is 5.25. The van der Waals surface area contributed by atoms with Gasteiger partial charge in [-0.15, -0.1) is 0 Å². The van der Waals surface area contributed by atoms with Crippen LogP contribution in [0.1, 0.15) is 36.2 Å². The Labute approximate surface area is 162 Å². The lowest BCUT2D eigenvalue weighted by atomic mass is 9.99. The lowest BCUT2D eigenvalue weighted by molar-refractivity contribution is 0.215. The standard InChI is InChI=1S/C19H23N2O4PS/c1-4-24-26(23,25-5-2)18(13-6-8-14(22)9-7-13)15-10-11-16-17(12(15)3)21-19(20)27-16/h6-11,18,22H,4-5H2,1-3H3,(H2,20,21). The summed E-state index contributed by atoms with van der Waals surface area (Å²) in [6.45, 7) is 6.04. The van der Waals surface area contributed by atoms with Crippen molar-refractivity contribution in [1.29, 1.82) is 0 Å². The molecule has 0 amide bonds. The van der Waals surface area contributed by atoms with Crippen LogP contribution in [-0.2, 0) is 13.6 Å². The number of aromatic hydroxyl groups is 1. The van der Waals surface area contributed by atoms with Crippen LogP contribution in [0.25, 0.3) is 10.2 Å². The molecule has 27 heavy (non-hydrogen) atoms. The molecule has 1 aromatic heterocycles. The molecule has 0 aliphatic rings. The van der Waals surface area contributed by atoms with E-state index in [9.17, 15) is 9.67 Å². The molecule has 144 valence electrons. The Kier molecular flexibility index (Phi) is 5.86. The molecule has 3 N–H and O–H groups in total. The normalized spacial score (nSPS) is 13.1. The fourth-order valence-electron chi connectivity index (χ4n) is 3.19. The van der Waals surface area contributed by atoms with E-state index in [0.717, 1.165) is 26.9 Å². The molecule has 0 radical (unpaired) electrons. The van der Waals surface area contributed by atoms with Gasteiger partial charge in [0.25, 0.3) is 0 Å². The molecule has 8 heteroatoms. The van der Waals surface area contributed by atoms with Crippen molar-refractivity contribution in [2.24, 2.45) is 0 Å². The van der Waals surface area contributed by atoms with E-state index in [2.05, 4.69) is 4.98 Å². The number of phenols is 1. The van der Waals surface area contributed by atoms with E-state index in [1.807, 2.05) is 19.1 Å². The molecule has 0 saturated heterocycles. The van der Waals surface area contributed by atoms with Crippen molar-refractivity contribution in [3.63, 3.8) is 0 Å². The molecule has 3 aromatic rings. The van der Waals surface area contributed by atoms with Crippen LogP contribution in [0.5, 0.6) is 5.75 Å². The van der Waals surface area contributed by atoms with Gasteiger partial charge in [0, 0.05) is 0 Å². The number of fused-ring (bicyclic) bond motifs is 1. The van der Waals surface area contributed by atoms with Crippen molar-refractivity contribution in [1.82, 2.24) is 4.98 Å². The average Bonchev–Trinajstić information content (AvgIpc) is 3.01. The minimum absolute atomic E-state index is 0.139. The lowest BCUT2D eigenvalue weighted by Crippen LogP contribution is -2.10. The van der Waals surface area contributed by atoms with Gasteiger partial charge >= 0.3 is 7.60 Å². The number of anilines is 1. The molecule has 1 atom stereocenters. The Hall–Kier alpha value is -1.92. The summed E-state index contributed by atoms with van der Waals surface area (Å²) in [5.74, 6) is 0.139. The average molecular weight is 406 g/mol. The monoisotopic (exact) mass is 406 g/mol. The van der Waals surface area contributed by atoms with Crippen LogP contribution in [0.4, 0.5) is 5.13 Å². The van der Waals surface area contributed by atoms with E-state index in [4.69, 9.17) is 14.8 Å². The van der Waals surface area contributed by atoms with Gasteiger partial charge in [-0.05, 0) is 55.7 Å². The molecule has 0 fully saturated rings. The van der Waals surface area contributed by atoms with Crippen LogP contribution in [0, 0.1) is 6.92 Å². The molecule has 0 aliphatic heterocycles. The van der Waals surface area contributed by atoms with Crippen LogP contribution in [0.3, 0.4) is 0 Å². The topological polar surface area (TPSA) is 94.7 Å². The number of aromatic nitrogens is 1. The van der Waals surface area contributed by atoms with Gasteiger partial charge in [0.1, 0.15) is 11.4 Å². The number of benzene rings is 2. The summed E-state index contributed by atoms with van der Waals surface area (Å²) in [4.78, 5) is 4.42. The van der Waals surface area contributed by atoms with Gasteiger partial charge in [0.15, 0.2) is 5.13 Å². The quantitative estimate of drug-likeness (QED) is 0.521. The van der Waals surface area contributed by atoms with E-state index in [0.29, 0.717) is 5.13 Å². The highest BCUT2D eigenvalue weighted by atomic mass is 32.1. The molecule has 6 nitrogen and oxygen atoms in total. The molecular formula is C19H23N2O4PS. The van der Waals surface area contributed by atoms with Gasteiger partial charge in [0.05, 0.1) is 23.4 Å². The Morgan fingerprint density at radius 3 is 2.37 bits per heavy atom.